The molecule has 1 aliphatic carbocycles. The summed E-state index contributed by atoms with van der Waals surface area (Å²) in [6, 6.07) is 1.30. The molecule has 7 heteroatoms. The summed E-state index contributed by atoms with van der Waals surface area (Å²) in [5, 5.41) is 7.46. The number of carbonyl (C=O) groups is 1. The predicted octanol–water partition coefficient (Wildman–Crippen LogP) is -0.334. The van der Waals surface area contributed by atoms with E-state index in [1.807, 2.05) is 0 Å². The molecule has 7 nitrogen and oxygen atoms in total. The van der Waals surface area contributed by atoms with Crippen LogP contribution in [0.2, 0.25) is 0 Å². The van der Waals surface area contributed by atoms with E-state index in [9.17, 15) is 4.79 Å². The summed E-state index contributed by atoms with van der Waals surface area (Å²) in [6.07, 6.45) is 4.42. The Morgan fingerprint density at radius 1 is 1.12 bits per heavy atom. The van der Waals surface area contributed by atoms with Crippen molar-refractivity contribution in [1.82, 2.24) is 20.4 Å². The molecule has 0 bridgehead atoms. The molecule has 2 N–H and O–H groups in total. The smallest absolute Gasteiger partial charge is 0.224 e. The molecule has 3 saturated heterocycles. The zero-order valence-electron chi connectivity index (χ0n) is 15.8. The molecule has 4 rings (SSSR count). The fourth-order valence-electron chi connectivity index (χ4n) is 5.03. The predicted molar refractivity (Wildman–Crippen MR) is 99.1 cm³/mol. The number of amides is 1. The standard InChI is InChI=1S/C19H34N4O3/c24-19-12-15(13-23(19)6-5-22-7-10-25-11-8-22)21-17-3-1-2-16(17)18-14-26-9-4-20-18/h15-18,20-21H,1-14H2. The molecule has 3 heterocycles. The van der Waals surface area contributed by atoms with Crippen LogP contribution in [0.5, 0.6) is 0 Å². The Bertz CT molecular complexity index is 466. The van der Waals surface area contributed by atoms with Crippen LogP contribution in [0.15, 0.2) is 0 Å². The maximum absolute atomic E-state index is 12.4. The minimum absolute atomic E-state index is 0.308. The van der Waals surface area contributed by atoms with Crippen molar-refractivity contribution in [2.45, 2.75) is 43.8 Å². The molecule has 0 aromatic heterocycles. The Balaban J connectivity index is 1.24. The van der Waals surface area contributed by atoms with Gasteiger partial charge in [-0.1, -0.05) is 6.42 Å². The molecule has 3 aliphatic heterocycles. The van der Waals surface area contributed by atoms with E-state index in [4.69, 9.17) is 9.47 Å². The number of likely N-dealkylation sites (tertiary alicyclic amines) is 1. The second-order valence-corrected chi connectivity index (χ2v) is 8.20. The molecule has 1 amide bonds. The minimum atomic E-state index is 0.308. The van der Waals surface area contributed by atoms with Crippen molar-refractivity contribution in [2.75, 3.05) is 65.7 Å². The fraction of sp³-hybridized carbons (Fsp3) is 0.947. The Hall–Kier alpha value is -0.730. The number of nitrogens with zero attached hydrogens (tertiary/aromatic N) is 2. The number of nitrogens with one attached hydrogen (secondary N) is 2. The van der Waals surface area contributed by atoms with Crippen molar-refractivity contribution in [3.05, 3.63) is 0 Å². The van der Waals surface area contributed by atoms with Crippen LogP contribution >= 0.6 is 0 Å². The molecule has 148 valence electrons. The maximum Gasteiger partial charge on any atom is 0.224 e. The van der Waals surface area contributed by atoms with Crippen LogP contribution < -0.4 is 10.6 Å². The van der Waals surface area contributed by atoms with Crippen molar-refractivity contribution >= 4 is 5.91 Å². The molecule has 0 aromatic rings. The molecule has 0 radical (unpaired) electrons. The lowest BCUT2D eigenvalue weighted by molar-refractivity contribution is -0.128. The quantitative estimate of drug-likeness (QED) is 0.671. The van der Waals surface area contributed by atoms with Crippen molar-refractivity contribution in [1.29, 1.82) is 0 Å². The lowest BCUT2D eigenvalue weighted by atomic mass is 9.93. The number of morpholine rings is 2. The van der Waals surface area contributed by atoms with Crippen molar-refractivity contribution in [3.63, 3.8) is 0 Å². The molecular formula is C19H34N4O3. The van der Waals surface area contributed by atoms with Gasteiger partial charge >= 0.3 is 0 Å². The molecule has 4 unspecified atom stereocenters. The number of carbonyl (C=O) groups excluding carboxylic acids is 1. The highest BCUT2D eigenvalue weighted by atomic mass is 16.5. The van der Waals surface area contributed by atoms with E-state index in [0.717, 1.165) is 65.7 Å². The Labute approximate surface area is 156 Å². The lowest BCUT2D eigenvalue weighted by Gasteiger charge is -2.34. The van der Waals surface area contributed by atoms with Gasteiger partial charge in [0, 0.05) is 63.8 Å². The monoisotopic (exact) mass is 366 g/mol. The van der Waals surface area contributed by atoms with Gasteiger partial charge in [-0.25, -0.2) is 0 Å². The van der Waals surface area contributed by atoms with Gasteiger partial charge in [0.05, 0.1) is 26.4 Å². The summed E-state index contributed by atoms with van der Waals surface area (Å²) in [7, 11) is 0. The maximum atomic E-state index is 12.4. The zero-order valence-corrected chi connectivity index (χ0v) is 15.8. The summed E-state index contributed by atoms with van der Waals surface area (Å²) < 4.78 is 11.1. The van der Waals surface area contributed by atoms with Gasteiger partial charge in [-0.3, -0.25) is 9.69 Å². The topological polar surface area (TPSA) is 66.1 Å². The van der Waals surface area contributed by atoms with Gasteiger partial charge in [0.2, 0.25) is 5.91 Å². The highest BCUT2D eigenvalue weighted by Crippen LogP contribution is 2.30. The van der Waals surface area contributed by atoms with Crippen molar-refractivity contribution in [2.24, 2.45) is 5.92 Å². The molecule has 4 aliphatic rings. The SMILES string of the molecule is O=C1CC(NC2CCCC2C2COCCN2)CN1CCN1CCOCC1. The van der Waals surface area contributed by atoms with Gasteiger partial charge in [-0.05, 0) is 18.8 Å². The number of rotatable bonds is 6. The average Bonchev–Trinajstić information content (AvgIpc) is 3.28. The average molecular weight is 367 g/mol. The largest absolute Gasteiger partial charge is 0.379 e. The van der Waals surface area contributed by atoms with Gasteiger partial charge in [0.25, 0.3) is 0 Å². The van der Waals surface area contributed by atoms with E-state index in [-0.39, 0.29) is 0 Å². The second kappa shape index (κ2) is 8.97. The Kier molecular flexibility index (Phi) is 6.43. The highest BCUT2D eigenvalue weighted by molar-refractivity contribution is 5.79. The zero-order chi connectivity index (χ0) is 17.8. The molecule has 0 aromatic carbocycles. The van der Waals surface area contributed by atoms with Crippen LogP contribution in [0.3, 0.4) is 0 Å². The van der Waals surface area contributed by atoms with Crippen LogP contribution in [0, 0.1) is 5.92 Å². The summed E-state index contributed by atoms with van der Waals surface area (Å²) in [5.41, 5.74) is 0. The highest BCUT2D eigenvalue weighted by Gasteiger charge is 2.38. The van der Waals surface area contributed by atoms with Crippen LogP contribution in [0.25, 0.3) is 0 Å². The first-order valence-electron chi connectivity index (χ1n) is 10.4. The van der Waals surface area contributed by atoms with Gasteiger partial charge in [-0.2, -0.15) is 0 Å². The van der Waals surface area contributed by atoms with E-state index in [0.29, 0.717) is 36.4 Å². The molecule has 4 atom stereocenters. The number of hydrogen-bond donors (Lipinski definition) is 2. The van der Waals surface area contributed by atoms with Crippen LogP contribution in [0.4, 0.5) is 0 Å². The third-order valence-corrected chi connectivity index (χ3v) is 6.49. The molecule has 4 fully saturated rings. The summed E-state index contributed by atoms with van der Waals surface area (Å²) in [5.74, 6) is 0.942. The second-order valence-electron chi connectivity index (χ2n) is 8.20. The fourth-order valence-corrected chi connectivity index (χ4v) is 5.03. The van der Waals surface area contributed by atoms with Gasteiger partial charge < -0.3 is 25.0 Å². The van der Waals surface area contributed by atoms with Crippen molar-refractivity contribution < 1.29 is 14.3 Å². The number of ether oxygens (including phenoxy) is 2. The molecule has 0 spiro atoms. The van der Waals surface area contributed by atoms with Gasteiger partial charge in [0.1, 0.15) is 0 Å². The van der Waals surface area contributed by atoms with E-state index in [1.165, 1.54) is 19.3 Å². The third-order valence-electron chi connectivity index (χ3n) is 6.49. The summed E-state index contributed by atoms with van der Waals surface area (Å²) in [6.45, 7) is 8.93. The van der Waals surface area contributed by atoms with Crippen LogP contribution in [-0.4, -0.2) is 99.5 Å². The van der Waals surface area contributed by atoms with E-state index in [1.54, 1.807) is 0 Å². The Morgan fingerprint density at radius 2 is 2.00 bits per heavy atom. The molecule has 26 heavy (non-hydrogen) atoms. The van der Waals surface area contributed by atoms with E-state index >= 15 is 0 Å². The molecular weight excluding hydrogens is 332 g/mol. The third kappa shape index (κ3) is 4.57. The summed E-state index contributed by atoms with van der Waals surface area (Å²) in [4.78, 5) is 16.9. The van der Waals surface area contributed by atoms with Gasteiger partial charge in [0.15, 0.2) is 0 Å². The first kappa shape index (κ1) is 18.6. The van der Waals surface area contributed by atoms with Crippen LogP contribution in [-0.2, 0) is 14.3 Å². The normalized spacial score (nSPS) is 36.8. The minimum Gasteiger partial charge on any atom is -0.379 e. The first-order valence-corrected chi connectivity index (χ1v) is 10.4. The molecule has 1 saturated carbocycles. The van der Waals surface area contributed by atoms with Crippen molar-refractivity contribution in [3.8, 4) is 0 Å². The van der Waals surface area contributed by atoms with Crippen LogP contribution in [0.1, 0.15) is 25.7 Å². The summed E-state index contributed by atoms with van der Waals surface area (Å²) >= 11 is 0. The van der Waals surface area contributed by atoms with E-state index < -0.39 is 0 Å². The lowest BCUT2D eigenvalue weighted by Crippen LogP contribution is -2.52. The number of hydrogen-bond acceptors (Lipinski definition) is 6. The van der Waals surface area contributed by atoms with E-state index in [2.05, 4.69) is 20.4 Å². The van der Waals surface area contributed by atoms with Gasteiger partial charge in [-0.15, -0.1) is 0 Å². The first-order chi connectivity index (χ1) is 12.8. The Morgan fingerprint density at radius 3 is 2.81 bits per heavy atom.